The molecule has 124 valence electrons. The van der Waals surface area contributed by atoms with E-state index in [1.165, 1.54) is 0 Å². The van der Waals surface area contributed by atoms with Crippen molar-refractivity contribution in [2.75, 3.05) is 12.4 Å². The summed E-state index contributed by atoms with van der Waals surface area (Å²) in [4.78, 5) is 0. The summed E-state index contributed by atoms with van der Waals surface area (Å²) in [5.74, 6) is 0.840. The van der Waals surface area contributed by atoms with Crippen molar-refractivity contribution in [3.63, 3.8) is 0 Å². The monoisotopic (exact) mass is 339 g/mol. The summed E-state index contributed by atoms with van der Waals surface area (Å²) in [7, 11) is 1.66. The van der Waals surface area contributed by atoms with Gasteiger partial charge in [0.25, 0.3) is 0 Å². The van der Waals surface area contributed by atoms with Gasteiger partial charge in [-0.15, -0.1) is 0 Å². The molecule has 4 nitrogen and oxygen atoms in total. The predicted molar refractivity (Wildman–Crippen MR) is 101 cm³/mol. The van der Waals surface area contributed by atoms with Gasteiger partial charge >= 0.3 is 0 Å². The van der Waals surface area contributed by atoms with Crippen LogP contribution in [0.25, 0.3) is 0 Å². The molecule has 2 aromatic rings. The maximum Gasteiger partial charge on any atom is 0.171 e. The highest BCUT2D eigenvalue weighted by Crippen LogP contribution is 2.20. The van der Waals surface area contributed by atoms with Crippen molar-refractivity contribution < 1.29 is 4.74 Å². The molecule has 0 aliphatic rings. The van der Waals surface area contributed by atoms with Gasteiger partial charge in [-0.3, -0.25) is 0 Å². The number of anilines is 1. The molecule has 0 spiro atoms. The predicted octanol–water partition coefficient (Wildman–Crippen LogP) is 4.20. The zero-order chi connectivity index (χ0) is 17.4. The van der Waals surface area contributed by atoms with Crippen LogP contribution in [0.4, 0.5) is 5.69 Å². The molecule has 24 heavy (non-hydrogen) atoms. The third-order valence-corrected chi connectivity index (χ3v) is 3.95. The first-order valence-corrected chi connectivity index (χ1v) is 8.24. The number of nitrogens with one attached hydrogen (secondary N) is 2. The van der Waals surface area contributed by atoms with E-state index in [1.807, 2.05) is 48.5 Å². The molecule has 2 N–H and O–H groups in total. The summed E-state index contributed by atoms with van der Waals surface area (Å²) in [6, 6.07) is 18.0. The van der Waals surface area contributed by atoms with E-state index in [0.29, 0.717) is 11.5 Å². The van der Waals surface area contributed by atoms with Crippen LogP contribution in [-0.2, 0) is 6.42 Å². The first-order chi connectivity index (χ1) is 11.7. The van der Waals surface area contributed by atoms with Crippen LogP contribution in [0.1, 0.15) is 30.5 Å². The van der Waals surface area contributed by atoms with Gasteiger partial charge in [-0.25, -0.2) is 0 Å². The zero-order valence-electron chi connectivity index (χ0n) is 13.9. The second-order valence-corrected chi connectivity index (χ2v) is 5.77. The lowest BCUT2D eigenvalue weighted by molar-refractivity contribution is 0.414. The van der Waals surface area contributed by atoms with Gasteiger partial charge in [0.2, 0.25) is 0 Å². The van der Waals surface area contributed by atoms with Crippen molar-refractivity contribution in [1.29, 1.82) is 5.26 Å². The number of ether oxygens (including phenoxy) is 1. The summed E-state index contributed by atoms with van der Waals surface area (Å²) in [5, 5.41) is 15.8. The molecule has 0 radical (unpaired) electrons. The Hall–Kier alpha value is -2.58. The minimum absolute atomic E-state index is 0.133. The van der Waals surface area contributed by atoms with Crippen LogP contribution >= 0.6 is 12.2 Å². The third-order valence-electron chi connectivity index (χ3n) is 3.73. The quantitative estimate of drug-likeness (QED) is 0.773. The van der Waals surface area contributed by atoms with Crippen molar-refractivity contribution in [2.24, 2.45) is 0 Å². The molecule has 1 unspecified atom stereocenters. The van der Waals surface area contributed by atoms with Crippen LogP contribution in [0, 0.1) is 11.3 Å². The Balaban J connectivity index is 1.97. The number of benzene rings is 2. The summed E-state index contributed by atoms with van der Waals surface area (Å²) in [6.45, 7) is 2.11. The van der Waals surface area contributed by atoms with E-state index in [9.17, 15) is 0 Å². The Labute approximate surface area is 148 Å². The van der Waals surface area contributed by atoms with Gasteiger partial charge in [0.1, 0.15) is 5.75 Å². The van der Waals surface area contributed by atoms with Crippen molar-refractivity contribution in [3.05, 3.63) is 59.7 Å². The van der Waals surface area contributed by atoms with Crippen molar-refractivity contribution in [2.45, 2.75) is 25.8 Å². The van der Waals surface area contributed by atoms with Crippen LogP contribution in [0.3, 0.4) is 0 Å². The van der Waals surface area contributed by atoms with Gasteiger partial charge in [0, 0.05) is 5.69 Å². The fourth-order valence-electron chi connectivity index (χ4n) is 2.38. The van der Waals surface area contributed by atoms with Gasteiger partial charge < -0.3 is 15.4 Å². The number of nitriles is 1. The number of rotatable bonds is 6. The van der Waals surface area contributed by atoms with Gasteiger partial charge in [-0.2, -0.15) is 5.26 Å². The van der Waals surface area contributed by atoms with E-state index < -0.39 is 0 Å². The van der Waals surface area contributed by atoms with Gasteiger partial charge in [-0.1, -0.05) is 31.2 Å². The molecule has 5 heteroatoms. The molecular weight excluding hydrogens is 318 g/mol. The maximum absolute atomic E-state index is 8.70. The largest absolute Gasteiger partial charge is 0.497 e. The molecule has 0 fully saturated rings. The van der Waals surface area contributed by atoms with E-state index in [-0.39, 0.29) is 6.04 Å². The summed E-state index contributed by atoms with van der Waals surface area (Å²) < 4.78 is 5.19. The molecule has 0 aromatic heterocycles. The average molecular weight is 339 g/mol. The Morgan fingerprint density at radius 3 is 2.38 bits per heavy atom. The number of thiocarbonyl (C=S) groups is 1. The smallest absolute Gasteiger partial charge is 0.171 e. The Bertz CT molecular complexity index is 705. The number of hydrogen-bond donors (Lipinski definition) is 2. The molecule has 0 aliphatic heterocycles. The molecule has 0 bridgehead atoms. The average Bonchev–Trinajstić information content (AvgIpc) is 2.62. The summed E-state index contributed by atoms with van der Waals surface area (Å²) in [6.07, 6.45) is 1.33. The molecule has 1 atom stereocenters. The maximum atomic E-state index is 8.70. The first kappa shape index (κ1) is 17.8. The molecule has 2 rings (SSSR count). The highest BCUT2D eigenvalue weighted by Gasteiger charge is 2.11. The highest BCUT2D eigenvalue weighted by molar-refractivity contribution is 7.80. The minimum atomic E-state index is 0.133. The van der Waals surface area contributed by atoms with Gasteiger partial charge in [0.05, 0.1) is 25.6 Å². The summed E-state index contributed by atoms with van der Waals surface area (Å²) >= 11 is 5.41. The van der Waals surface area contributed by atoms with E-state index in [4.69, 9.17) is 22.2 Å². The van der Waals surface area contributed by atoms with Crippen molar-refractivity contribution >= 4 is 23.0 Å². The van der Waals surface area contributed by atoms with E-state index in [1.54, 1.807) is 7.11 Å². The number of nitrogens with zero attached hydrogens (tertiary/aromatic N) is 1. The normalized spacial score (nSPS) is 11.2. The number of hydrogen-bond acceptors (Lipinski definition) is 3. The van der Waals surface area contributed by atoms with E-state index in [2.05, 4.69) is 23.6 Å². The van der Waals surface area contributed by atoms with Gasteiger partial charge in [0.15, 0.2) is 5.11 Å². The minimum Gasteiger partial charge on any atom is -0.497 e. The Morgan fingerprint density at radius 2 is 1.83 bits per heavy atom. The van der Waals surface area contributed by atoms with Crippen LogP contribution in [-0.4, -0.2) is 12.2 Å². The van der Waals surface area contributed by atoms with Crippen LogP contribution in [0.2, 0.25) is 0 Å². The highest BCUT2D eigenvalue weighted by atomic mass is 32.1. The lowest BCUT2D eigenvalue weighted by Gasteiger charge is -2.20. The molecule has 0 heterocycles. The standard InChI is InChI=1S/C19H21N3OS/c1-3-18(15-6-10-17(23-2)11-7-15)22-19(24)21-16-8-4-14(5-9-16)12-13-20/h4-11,18H,3,12H2,1-2H3,(H2,21,22,24). The SMILES string of the molecule is CCC(NC(=S)Nc1ccc(CC#N)cc1)c1ccc(OC)cc1. The first-order valence-electron chi connectivity index (χ1n) is 7.83. The topological polar surface area (TPSA) is 57.1 Å². The molecule has 2 aromatic carbocycles. The Kier molecular flexibility index (Phi) is 6.59. The van der Waals surface area contributed by atoms with E-state index in [0.717, 1.165) is 29.0 Å². The molecular formula is C19H21N3OS. The fourth-order valence-corrected chi connectivity index (χ4v) is 2.64. The van der Waals surface area contributed by atoms with Gasteiger partial charge in [-0.05, 0) is 54.0 Å². The van der Waals surface area contributed by atoms with Crippen LogP contribution in [0.5, 0.6) is 5.75 Å². The van der Waals surface area contributed by atoms with Crippen molar-refractivity contribution in [3.8, 4) is 11.8 Å². The second-order valence-electron chi connectivity index (χ2n) is 5.36. The second kappa shape index (κ2) is 8.90. The summed E-state index contributed by atoms with van der Waals surface area (Å²) in [5.41, 5.74) is 3.05. The molecule has 0 aliphatic carbocycles. The fraction of sp³-hybridized carbons (Fsp3) is 0.263. The van der Waals surface area contributed by atoms with Crippen LogP contribution < -0.4 is 15.4 Å². The van der Waals surface area contributed by atoms with Crippen molar-refractivity contribution in [1.82, 2.24) is 5.32 Å². The lowest BCUT2D eigenvalue weighted by atomic mass is 10.0. The number of methoxy groups -OCH3 is 1. The Morgan fingerprint density at radius 1 is 1.17 bits per heavy atom. The van der Waals surface area contributed by atoms with Crippen LogP contribution in [0.15, 0.2) is 48.5 Å². The van der Waals surface area contributed by atoms with E-state index >= 15 is 0 Å². The third kappa shape index (κ3) is 4.97. The molecule has 0 saturated heterocycles. The zero-order valence-corrected chi connectivity index (χ0v) is 14.7. The molecule has 0 amide bonds. The molecule has 0 saturated carbocycles. The lowest BCUT2D eigenvalue weighted by Crippen LogP contribution is -2.32.